The van der Waals surface area contributed by atoms with E-state index in [0.29, 0.717) is 6.42 Å². The van der Waals surface area contributed by atoms with Crippen molar-refractivity contribution in [3.63, 3.8) is 0 Å². The number of aliphatic hydroxyl groups excluding tert-OH is 1. The van der Waals surface area contributed by atoms with Crippen LogP contribution in [-0.4, -0.2) is 69.5 Å². The molecule has 14 heteroatoms. The topological polar surface area (TPSA) is 156 Å². The zero-order valence-corrected chi connectivity index (χ0v) is 22.4. The molecule has 7 atom stereocenters. The van der Waals surface area contributed by atoms with Crippen LogP contribution in [0.1, 0.15) is 34.1 Å². The van der Waals surface area contributed by atoms with Crippen molar-refractivity contribution in [1.29, 1.82) is 0 Å². The SMILES string of the molecule is C=C1NC(=O)C=CN1[C@@H]1O[C@](F)(CO[P@](=O)(NC(C)C(=O)OC(C)CC)Oc2ccccc2)[C@@H](O)[C@@]1(C)O. The summed E-state index contributed by atoms with van der Waals surface area (Å²) >= 11 is 0. The quantitative estimate of drug-likeness (QED) is 0.233. The third-order valence-electron chi connectivity index (χ3n) is 5.99. The van der Waals surface area contributed by atoms with Crippen LogP contribution in [0.4, 0.5) is 4.39 Å². The molecule has 210 valence electrons. The molecule has 2 unspecified atom stereocenters. The van der Waals surface area contributed by atoms with Crippen LogP contribution in [0.5, 0.6) is 5.75 Å². The van der Waals surface area contributed by atoms with Crippen molar-refractivity contribution in [2.24, 2.45) is 0 Å². The van der Waals surface area contributed by atoms with Gasteiger partial charge in [-0.05, 0) is 39.3 Å². The van der Waals surface area contributed by atoms with Crippen molar-refractivity contribution in [3.8, 4) is 5.75 Å². The molecule has 1 fully saturated rings. The molecule has 12 nitrogen and oxygen atoms in total. The van der Waals surface area contributed by atoms with Gasteiger partial charge in [-0.3, -0.25) is 14.1 Å². The predicted octanol–water partition coefficient (Wildman–Crippen LogP) is 2.06. The molecule has 0 aliphatic carbocycles. The third kappa shape index (κ3) is 6.60. The summed E-state index contributed by atoms with van der Waals surface area (Å²) in [6.07, 6.45) is -1.30. The van der Waals surface area contributed by atoms with Gasteiger partial charge in [-0.15, -0.1) is 0 Å². The second kappa shape index (κ2) is 11.5. The third-order valence-corrected chi connectivity index (χ3v) is 7.61. The average Bonchev–Trinajstić information content (AvgIpc) is 3.03. The normalized spacial score (nSPS) is 30.3. The summed E-state index contributed by atoms with van der Waals surface area (Å²) < 4.78 is 51.1. The number of nitrogens with one attached hydrogen (secondary N) is 2. The molecule has 1 saturated heterocycles. The summed E-state index contributed by atoms with van der Waals surface area (Å²) in [4.78, 5) is 25.1. The number of halogens is 1. The van der Waals surface area contributed by atoms with Crippen LogP contribution in [-0.2, 0) is 28.2 Å². The second-order valence-corrected chi connectivity index (χ2v) is 10.9. The number of ether oxygens (including phenoxy) is 2. The van der Waals surface area contributed by atoms with Gasteiger partial charge in [0.25, 0.3) is 11.8 Å². The van der Waals surface area contributed by atoms with Crippen LogP contribution in [0, 0.1) is 0 Å². The van der Waals surface area contributed by atoms with E-state index < -0.39 is 62.2 Å². The van der Waals surface area contributed by atoms with Gasteiger partial charge in [0, 0.05) is 12.3 Å². The lowest BCUT2D eigenvalue weighted by molar-refractivity contribution is -0.206. The average molecular weight is 558 g/mol. The number of rotatable bonds is 11. The first-order valence-corrected chi connectivity index (χ1v) is 13.5. The molecule has 2 aliphatic heterocycles. The van der Waals surface area contributed by atoms with Crippen LogP contribution < -0.4 is 14.9 Å². The highest BCUT2D eigenvalue weighted by molar-refractivity contribution is 7.52. The molecule has 2 aliphatic rings. The first-order valence-electron chi connectivity index (χ1n) is 11.9. The molecule has 1 amide bonds. The van der Waals surface area contributed by atoms with E-state index in [1.54, 1.807) is 25.1 Å². The van der Waals surface area contributed by atoms with Gasteiger partial charge in [-0.1, -0.05) is 31.7 Å². The van der Waals surface area contributed by atoms with E-state index in [1.165, 1.54) is 25.3 Å². The van der Waals surface area contributed by atoms with E-state index >= 15 is 4.39 Å². The minimum atomic E-state index is -4.50. The second-order valence-electron chi connectivity index (χ2n) is 9.23. The Morgan fingerprint density at radius 1 is 1.37 bits per heavy atom. The monoisotopic (exact) mass is 557 g/mol. The van der Waals surface area contributed by atoms with E-state index in [2.05, 4.69) is 17.0 Å². The fourth-order valence-corrected chi connectivity index (χ4v) is 5.16. The van der Waals surface area contributed by atoms with Gasteiger partial charge < -0.3 is 34.4 Å². The molecule has 3 rings (SSSR count). The molecule has 0 spiro atoms. The maximum absolute atomic E-state index is 16.0. The molecule has 1 aromatic carbocycles. The number of amides is 1. The lowest BCUT2D eigenvalue weighted by atomic mass is 9.95. The molecule has 1 aromatic rings. The van der Waals surface area contributed by atoms with E-state index in [-0.39, 0.29) is 11.6 Å². The number of benzene rings is 1. The Hall–Kier alpha value is -2.80. The van der Waals surface area contributed by atoms with Gasteiger partial charge in [0.2, 0.25) is 0 Å². The number of alkyl halides is 1. The maximum Gasteiger partial charge on any atom is 0.459 e. The Balaban J connectivity index is 1.81. The lowest BCUT2D eigenvalue weighted by Gasteiger charge is -2.36. The van der Waals surface area contributed by atoms with Crippen LogP contribution in [0.25, 0.3) is 0 Å². The minimum Gasteiger partial charge on any atom is -0.462 e. The standard InChI is InChI=1S/C24H33FN3O9P/c1-6-15(2)35-20(30)16(3)27-38(33,37-18-10-8-7-9-11-18)34-14-24(25)21(31)23(5,32)22(36-24)28-13-12-19(29)26-17(28)4/h7-13,15-16,21-22,31-32H,4,6,14H2,1-3,5H3,(H,26,29)(H,27,33)/t15?,16?,21-,22+,23+,24+,38+/m0/s1. The highest BCUT2D eigenvalue weighted by atomic mass is 31.2. The summed E-state index contributed by atoms with van der Waals surface area (Å²) in [6, 6.07) is 6.63. The first kappa shape index (κ1) is 29.8. The Morgan fingerprint density at radius 2 is 2.03 bits per heavy atom. The highest BCUT2D eigenvalue weighted by Gasteiger charge is 2.64. The van der Waals surface area contributed by atoms with E-state index in [9.17, 15) is 24.4 Å². The van der Waals surface area contributed by atoms with Crippen molar-refractivity contribution >= 4 is 19.6 Å². The Bertz CT molecular complexity index is 1120. The number of carbonyl (C=O) groups excluding carboxylic acids is 2. The number of hydrogen-bond acceptors (Lipinski definition) is 10. The van der Waals surface area contributed by atoms with E-state index in [4.69, 9.17) is 18.5 Å². The van der Waals surface area contributed by atoms with Crippen molar-refractivity contribution in [3.05, 3.63) is 55.0 Å². The number of nitrogens with zero attached hydrogens (tertiary/aromatic N) is 1. The highest BCUT2D eigenvalue weighted by Crippen LogP contribution is 2.49. The first-order chi connectivity index (χ1) is 17.7. The number of carbonyl (C=O) groups is 2. The summed E-state index contributed by atoms with van der Waals surface area (Å²) in [7, 11) is -4.50. The molecular weight excluding hydrogens is 524 g/mol. The summed E-state index contributed by atoms with van der Waals surface area (Å²) in [6.45, 7) is 8.45. The summed E-state index contributed by atoms with van der Waals surface area (Å²) in [5.74, 6) is -4.28. The zero-order valence-electron chi connectivity index (χ0n) is 21.5. The molecule has 4 N–H and O–H groups in total. The van der Waals surface area contributed by atoms with E-state index in [1.807, 2.05) is 6.92 Å². The van der Waals surface area contributed by atoms with Gasteiger partial charge in [0.15, 0.2) is 6.23 Å². The number of esters is 1. The Labute approximate surface area is 220 Å². The fraction of sp³-hybridized carbons (Fsp3) is 0.500. The minimum absolute atomic E-state index is 0.0338. The van der Waals surface area contributed by atoms with Gasteiger partial charge in [0.05, 0.1) is 6.10 Å². The zero-order chi connectivity index (χ0) is 28.3. The lowest BCUT2D eigenvalue weighted by Crippen LogP contribution is -2.54. The molecule has 0 saturated carbocycles. The van der Waals surface area contributed by atoms with Crippen molar-refractivity contribution < 1.29 is 47.3 Å². The van der Waals surface area contributed by atoms with Crippen LogP contribution >= 0.6 is 7.75 Å². The molecular formula is C24H33FN3O9P. The number of hydrogen-bond donors (Lipinski definition) is 4. The smallest absolute Gasteiger partial charge is 0.459 e. The van der Waals surface area contributed by atoms with Gasteiger partial charge >= 0.3 is 13.7 Å². The van der Waals surface area contributed by atoms with E-state index in [0.717, 1.165) is 17.9 Å². The molecule has 0 radical (unpaired) electrons. The van der Waals surface area contributed by atoms with Crippen molar-refractivity contribution in [1.82, 2.24) is 15.3 Å². The number of para-hydroxylation sites is 1. The molecule has 38 heavy (non-hydrogen) atoms. The summed E-state index contributed by atoms with van der Waals surface area (Å²) in [5, 5.41) is 26.4. The van der Waals surface area contributed by atoms with Gasteiger partial charge in [-0.2, -0.15) is 5.09 Å². The van der Waals surface area contributed by atoms with Crippen LogP contribution in [0.2, 0.25) is 0 Å². The van der Waals surface area contributed by atoms with Crippen molar-refractivity contribution in [2.45, 2.75) is 70.0 Å². The molecule has 0 bridgehead atoms. The molecule has 0 aromatic heterocycles. The van der Waals surface area contributed by atoms with Crippen LogP contribution in [0.15, 0.2) is 55.0 Å². The van der Waals surface area contributed by atoms with Gasteiger partial charge in [0.1, 0.15) is 35.9 Å². The van der Waals surface area contributed by atoms with Crippen LogP contribution in [0.3, 0.4) is 0 Å². The summed E-state index contributed by atoms with van der Waals surface area (Å²) in [5.41, 5.74) is -2.24. The van der Waals surface area contributed by atoms with Crippen molar-refractivity contribution in [2.75, 3.05) is 6.61 Å². The predicted molar refractivity (Wildman–Crippen MR) is 133 cm³/mol. The fourth-order valence-electron chi connectivity index (χ4n) is 3.65. The maximum atomic E-state index is 16.0. The van der Waals surface area contributed by atoms with Gasteiger partial charge in [-0.25, -0.2) is 8.96 Å². The number of aliphatic hydroxyl groups is 2. The Kier molecular flexibility index (Phi) is 9.02. The Morgan fingerprint density at radius 3 is 2.63 bits per heavy atom. The molecule has 2 heterocycles. The largest absolute Gasteiger partial charge is 0.462 e.